The molecule has 0 saturated carbocycles. The highest BCUT2D eigenvalue weighted by Crippen LogP contribution is 2.12. The Morgan fingerprint density at radius 3 is 2.35 bits per heavy atom. The first-order chi connectivity index (χ1) is 11.0. The van der Waals surface area contributed by atoms with Gasteiger partial charge in [0, 0.05) is 16.3 Å². The largest absolute Gasteiger partial charge is 0.452 e. The maximum absolute atomic E-state index is 11.8. The van der Waals surface area contributed by atoms with E-state index in [9.17, 15) is 14.4 Å². The van der Waals surface area contributed by atoms with Crippen LogP contribution in [0.25, 0.3) is 0 Å². The molecule has 0 atom stereocenters. The van der Waals surface area contributed by atoms with Crippen LogP contribution in [0.5, 0.6) is 0 Å². The minimum absolute atomic E-state index is 0.260. The number of carbonyl (C=O) groups excluding carboxylic acids is 3. The fourth-order valence-electron chi connectivity index (χ4n) is 1.74. The molecule has 0 fully saturated rings. The van der Waals surface area contributed by atoms with Crippen molar-refractivity contribution in [3.63, 3.8) is 0 Å². The van der Waals surface area contributed by atoms with E-state index in [0.29, 0.717) is 16.3 Å². The molecule has 118 valence electrons. The van der Waals surface area contributed by atoms with Crippen LogP contribution in [0.15, 0.2) is 48.5 Å². The number of esters is 1. The summed E-state index contributed by atoms with van der Waals surface area (Å²) >= 11 is 5.77. The van der Waals surface area contributed by atoms with Crippen LogP contribution < -0.4 is 11.1 Å². The lowest BCUT2D eigenvalue weighted by atomic mass is 10.2. The van der Waals surface area contributed by atoms with Crippen molar-refractivity contribution in [3.8, 4) is 0 Å². The van der Waals surface area contributed by atoms with Gasteiger partial charge in [0.2, 0.25) is 5.91 Å². The average molecular weight is 333 g/mol. The Kier molecular flexibility index (Phi) is 5.32. The third-order valence-electron chi connectivity index (χ3n) is 2.85. The van der Waals surface area contributed by atoms with Crippen molar-refractivity contribution >= 4 is 35.1 Å². The number of rotatable bonds is 5. The fourth-order valence-corrected chi connectivity index (χ4v) is 1.94. The van der Waals surface area contributed by atoms with Gasteiger partial charge in [-0.2, -0.15) is 0 Å². The highest BCUT2D eigenvalue weighted by molar-refractivity contribution is 6.30. The molecule has 2 aromatic carbocycles. The topological polar surface area (TPSA) is 98.5 Å². The van der Waals surface area contributed by atoms with E-state index in [2.05, 4.69) is 5.32 Å². The van der Waals surface area contributed by atoms with Crippen molar-refractivity contribution in [2.45, 2.75) is 0 Å². The summed E-state index contributed by atoms with van der Waals surface area (Å²) < 4.78 is 4.90. The van der Waals surface area contributed by atoms with E-state index in [-0.39, 0.29) is 5.56 Å². The predicted octanol–water partition coefficient (Wildman–Crippen LogP) is 2.23. The van der Waals surface area contributed by atoms with Crippen LogP contribution in [0.4, 0.5) is 5.69 Å². The smallest absolute Gasteiger partial charge is 0.338 e. The zero-order chi connectivity index (χ0) is 16.8. The maximum Gasteiger partial charge on any atom is 0.338 e. The molecular weight excluding hydrogens is 320 g/mol. The van der Waals surface area contributed by atoms with Crippen molar-refractivity contribution in [1.29, 1.82) is 0 Å². The van der Waals surface area contributed by atoms with Crippen molar-refractivity contribution in [2.75, 3.05) is 11.9 Å². The Hall–Kier alpha value is -2.86. The fraction of sp³-hybridized carbons (Fsp3) is 0.0625. The average Bonchev–Trinajstić information content (AvgIpc) is 2.53. The Bertz CT molecular complexity index is 744. The number of hydrogen-bond donors (Lipinski definition) is 2. The summed E-state index contributed by atoms with van der Waals surface area (Å²) in [6, 6.07) is 12.2. The number of halogens is 1. The lowest BCUT2D eigenvalue weighted by Gasteiger charge is -2.07. The number of primary amides is 1. The van der Waals surface area contributed by atoms with Gasteiger partial charge in [0.25, 0.3) is 5.91 Å². The second-order valence-electron chi connectivity index (χ2n) is 4.58. The lowest BCUT2D eigenvalue weighted by Crippen LogP contribution is -2.21. The summed E-state index contributed by atoms with van der Waals surface area (Å²) in [6.07, 6.45) is 0. The summed E-state index contributed by atoms with van der Waals surface area (Å²) in [4.78, 5) is 34.4. The first-order valence-electron chi connectivity index (χ1n) is 6.58. The standard InChI is InChI=1S/C16H13ClN2O4/c17-12-3-1-2-11(8-12)16(22)23-9-14(20)19-13-6-4-10(5-7-13)15(18)21/h1-8H,9H2,(H2,18,21)(H,19,20). The number of nitrogens with one attached hydrogen (secondary N) is 1. The first kappa shape index (κ1) is 16.5. The molecule has 0 aliphatic carbocycles. The number of hydrogen-bond acceptors (Lipinski definition) is 4. The summed E-state index contributed by atoms with van der Waals surface area (Å²) in [5.74, 6) is -1.71. The van der Waals surface area contributed by atoms with Gasteiger partial charge in [-0.3, -0.25) is 9.59 Å². The number of carbonyl (C=O) groups is 3. The molecule has 0 aromatic heterocycles. The molecule has 0 aliphatic heterocycles. The number of benzene rings is 2. The van der Waals surface area contributed by atoms with Crippen LogP contribution in [0.1, 0.15) is 20.7 Å². The molecule has 2 rings (SSSR count). The van der Waals surface area contributed by atoms with Crippen LogP contribution >= 0.6 is 11.6 Å². The predicted molar refractivity (Wildman–Crippen MR) is 85.3 cm³/mol. The van der Waals surface area contributed by atoms with Gasteiger partial charge in [0.15, 0.2) is 6.61 Å². The van der Waals surface area contributed by atoms with Gasteiger partial charge in [-0.05, 0) is 42.5 Å². The molecule has 0 bridgehead atoms. The molecule has 0 radical (unpaired) electrons. The number of amides is 2. The molecule has 3 N–H and O–H groups in total. The van der Waals surface area contributed by atoms with E-state index >= 15 is 0 Å². The van der Waals surface area contributed by atoms with Gasteiger partial charge < -0.3 is 15.8 Å². The molecule has 2 amide bonds. The summed E-state index contributed by atoms with van der Waals surface area (Å²) in [5.41, 5.74) is 6.17. The minimum Gasteiger partial charge on any atom is -0.452 e. The van der Waals surface area contributed by atoms with Crippen LogP contribution in [0.3, 0.4) is 0 Å². The zero-order valence-corrected chi connectivity index (χ0v) is 12.7. The molecule has 23 heavy (non-hydrogen) atoms. The molecular formula is C16H13ClN2O4. The van der Waals surface area contributed by atoms with Crippen LogP contribution in [0, 0.1) is 0 Å². The van der Waals surface area contributed by atoms with Gasteiger partial charge in [0.05, 0.1) is 5.56 Å². The molecule has 0 saturated heterocycles. The van der Waals surface area contributed by atoms with Crippen LogP contribution in [0.2, 0.25) is 5.02 Å². The second kappa shape index (κ2) is 7.42. The van der Waals surface area contributed by atoms with E-state index < -0.39 is 24.4 Å². The van der Waals surface area contributed by atoms with Gasteiger partial charge in [0.1, 0.15) is 0 Å². The highest BCUT2D eigenvalue weighted by Gasteiger charge is 2.11. The number of nitrogens with two attached hydrogens (primary N) is 1. The molecule has 0 spiro atoms. The number of anilines is 1. The van der Waals surface area contributed by atoms with Crippen LogP contribution in [-0.2, 0) is 9.53 Å². The first-order valence-corrected chi connectivity index (χ1v) is 6.96. The zero-order valence-electron chi connectivity index (χ0n) is 11.9. The molecule has 0 aliphatic rings. The lowest BCUT2D eigenvalue weighted by molar-refractivity contribution is -0.119. The third kappa shape index (κ3) is 4.82. The summed E-state index contributed by atoms with van der Waals surface area (Å²) in [5, 5.41) is 2.93. The third-order valence-corrected chi connectivity index (χ3v) is 3.08. The molecule has 7 heteroatoms. The molecule has 0 heterocycles. The Balaban J connectivity index is 1.87. The second-order valence-corrected chi connectivity index (χ2v) is 5.01. The van der Waals surface area contributed by atoms with Gasteiger partial charge >= 0.3 is 5.97 Å². The molecule has 6 nitrogen and oxygen atoms in total. The Morgan fingerprint density at radius 1 is 1.04 bits per heavy atom. The van der Waals surface area contributed by atoms with Crippen molar-refractivity contribution in [1.82, 2.24) is 0 Å². The van der Waals surface area contributed by atoms with Crippen LogP contribution in [-0.4, -0.2) is 24.4 Å². The van der Waals surface area contributed by atoms with Gasteiger partial charge in [-0.1, -0.05) is 17.7 Å². The van der Waals surface area contributed by atoms with E-state index in [1.54, 1.807) is 12.1 Å². The minimum atomic E-state index is -0.647. The van der Waals surface area contributed by atoms with Crippen molar-refractivity contribution in [2.24, 2.45) is 5.73 Å². The van der Waals surface area contributed by atoms with E-state index in [1.165, 1.54) is 36.4 Å². The summed E-state index contributed by atoms with van der Waals surface area (Å²) in [6.45, 7) is -0.442. The van der Waals surface area contributed by atoms with E-state index in [0.717, 1.165) is 0 Å². The Labute approximate surface area is 137 Å². The highest BCUT2D eigenvalue weighted by atomic mass is 35.5. The monoisotopic (exact) mass is 332 g/mol. The number of ether oxygens (including phenoxy) is 1. The van der Waals surface area contributed by atoms with Gasteiger partial charge in [-0.15, -0.1) is 0 Å². The van der Waals surface area contributed by atoms with Crippen molar-refractivity contribution < 1.29 is 19.1 Å². The van der Waals surface area contributed by atoms with Gasteiger partial charge in [-0.25, -0.2) is 4.79 Å². The molecule has 0 unspecified atom stereocenters. The summed E-state index contributed by atoms with van der Waals surface area (Å²) in [7, 11) is 0. The van der Waals surface area contributed by atoms with E-state index in [4.69, 9.17) is 22.1 Å². The SMILES string of the molecule is NC(=O)c1ccc(NC(=O)COC(=O)c2cccc(Cl)c2)cc1. The normalized spacial score (nSPS) is 9.96. The molecule has 2 aromatic rings. The van der Waals surface area contributed by atoms with Crippen molar-refractivity contribution in [3.05, 3.63) is 64.7 Å². The maximum atomic E-state index is 11.8. The Morgan fingerprint density at radius 2 is 1.74 bits per heavy atom. The quantitative estimate of drug-likeness (QED) is 0.820. The van der Waals surface area contributed by atoms with E-state index in [1.807, 2.05) is 0 Å².